The molecular formula is C19H24. The first-order valence-corrected chi connectivity index (χ1v) is 7.36. The van der Waals surface area contributed by atoms with Crippen LogP contribution in [0.1, 0.15) is 41.5 Å². The average Bonchev–Trinajstić information content (AvgIpc) is 2.43. The van der Waals surface area contributed by atoms with Gasteiger partial charge in [0.25, 0.3) is 0 Å². The van der Waals surface area contributed by atoms with E-state index in [9.17, 15) is 0 Å². The van der Waals surface area contributed by atoms with E-state index in [1.807, 2.05) is 0 Å². The van der Waals surface area contributed by atoms with Crippen molar-refractivity contribution in [2.45, 2.75) is 46.0 Å². The van der Waals surface area contributed by atoms with Crippen LogP contribution in [0.15, 0.2) is 48.5 Å². The Labute approximate surface area is 117 Å². The average molecular weight is 252 g/mol. The first-order valence-electron chi connectivity index (χ1n) is 7.36. The first-order chi connectivity index (χ1) is 9.25. The molecule has 0 amide bonds. The van der Waals surface area contributed by atoms with Gasteiger partial charge in [0.2, 0.25) is 0 Å². The lowest BCUT2D eigenvalue weighted by atomic mass is 10.0. The molecule has 0 unspecified atom stereocenters. The minimum absolute atomic E-state index is 1.22. The summed E-state index contributed by atoms with van der Waals surface area (Å²) in [5.41, 5.74) is 5.77. The van der Waals surface area contributed by atoms with Gasteiger partial charge in [-0.05, 0) is 61.8 Å². The van der Waals surface area contributed by atoms with E-state index in [-0.39, 0.29) is 0 Å². The summed E-state index contributed by atoms with van der Waals surface area (Å²) in [7, 11) is 0. The number of rotatable bonds is 6. The molecule has 0 N–H and O–H groups in total. The van der Waals surface area contributed by atoms with Crippen LogP contribution in [-0.4, -0.2) is 0 Å². The normalized spacial score (nSPS) is 10.6. The van der Waals surface area contributed by atoms with E-state index in [2.05, 4.69) is 62.4 Å². The van der Waals surface area contributed by atoms with Gasteiger partial charge in [-0.2, -0.15) is 0 Å². The Hall–Kier alpha value is -1.56. The maximum absolute atomic E-state index is 2.34. The Bertz CT molecular complexity index is 497. The van der Waals surface area contributed by atoms with Gasteiger partial charge < -0.3 is 0 Å². The molecule has 0 saturated carbocycles. The lowest BCUT2D eigenvalue weighted by Gasteiger charge is -2.05. The molecule has 100 valence electrons. The number of hydrogen-bond donors (Lipinski definition) is 0. The molecule has 0 nitrogen and oxygen atoms in total. The minimum atomic E-state index is 1.22. The van der Waals surface area contributed by atoms with Crippen LogP contribution in [0.4, 0.5) is 0 Å². The van der Waals surface area contributed by atoms with Crippen LogP contribution >= 0.6 is 0 Å². The number of benzene rings is 2. The van der Waals surface area contributed by atoms with Gasteiger partial charge in [-0.15, -0.1) is 0 Å². The summed E-state index contributed by atoms with van der Waals surface area (Å²) in [6, 6.07) is 17.7. The van der Waals surface area contributed by atoms with Gasteiger partial charge in [-0.3, -0.25) is 0 Å². The molecule has 0 saturated heterocycles. The third-order valence-corrected chi connectivity index (χ3v) is 3.85. The standard InChI is InChI=1S/C19H24/c1-16-13-14-19(15-17(16)2)12-8-4-7-11-18-9-5-3-6-10-18/h3,5-6,9-10,13-15H,4,7-8,11-12H2,1-2H3. The van der Waals surface area contributed by atoms with Gasteiger partial charge in [-0.1, -0.05) is 55.0 Å². The van der Waals surface area contributed by atoms with Gasteiger partial charge in [0, 0.05) is 0 Å². The molecule has 0 heterocycles. The monoisotopic (exact) mass is 252 g/mol. The third kappa shape index (κ3) is 4.55. The topological polar surface area (TPSA) is 0 Å². The second-order valence-electron chi connectivity index (χ2n) is 5.46. The fourth-order valence-electron chi connectivity index (χ4n) is 2.44. The highest BCUT2D eigenvalue weighted by Gasteiger charge is 1.97. The molecule has 2 aromatic carbocycles. The largest absolute Gasteiger partial charge is 0.0622 e. The van der Waals surface area contributed by atoms with Crippen molar-refractivity contribution in [3.8, 4) is 0 Å². The summed E-state index contributed by atoms with van der Waals surface area (Å²) in [6.07, 6.45) is 6.36. The first kappa shape index (κ1) is 13.9. The maximum Gasteiger partial charge on any atom is -0.0279 e. The number of hydrogen-bond acceptors (Lipinski definition) is 0. The Morgan fingerprint density at radius 3 is 2.00 bits per heavy atom. The zero-order chi connectivity index (χ0) is 13.5. The van der Waals surface area contributed by atoms with Crippen molar-refractivity contribution in [2.24, 2.45) is 0 Å². The summed E-state index contributed by atoms with van der Waals surface area (Å²) >= 11 is 0. The fourth-order valence-corrected chi connectivity index (χ4v) is 2.44. The maximum atomic E-state index is 2.34. The van der Waals surface area contributed by atoms with Crippen molar-refractivity contribution in [1.82, 2.24) is 0 Å². The molecule has 0 aromatic heterocycles. The minimum Gasteiger partial charge on any atom is -0.0622 e. The van der Waals surface area contributed by atoms with Crippen molar-refractivity contribution in [2.75, 3.05) is 0 Å². The van der Waals surface area contributed by atoms with Crippen LogP contribution in [0, 0.1) is 13.8 Å². The molecule has 2 aromatic rings. The number of unbranched alkanes of at least 4 members (excludes halogenated alkanes) is 2. The molecule has 0 atom stereocenters. The molecule has 0 spiro atoms. The van der Waals surface area contributed by atoms with Gasteiger partial charge in [0.15, 0.2) is 0 Å². The van der Waals surface area contributed by atoms with E-state index in [1.54, 1.807) is 0 Å². The Balaban J connectivity index is 1.68. The predicted molar refractivity (Wildman–Crippen MR) is 83.6 cm³/mol. The van der Waals surface area contributed by atoms with Crippen molar-refractivity contribution in [3.05, 3.63) is 70.8 Å². The molecule has 0 aliphatic rings. The van der Waals surface area contributed by atoms with Gasteiger partial charge >= 0.3 is 0 Å². The Morgan fingerprint density at radius 2 is 1.32 bits per heavy atom. The van der Waals surface area contributed by atoms with E-state index >= 15 is 0 Å². The Kier molecular flexibility index (Phi) is 5.20. The van der Waals surface area contributed by atoms with Crippen LogP contribution in [0.5, 0.6) is 0 Å². The summed E-state index contributed by atoms with van der Waals surface area (Å²) in [5, 5.41) is 0. The van der Waals surface area contributed by atoms with Crippen molar-refractivity contribution in [3.63, 3.8) is 0 Å². The summed E-state index contributed by atoms with van der Waals surface area (Å²) in [6.45, 7) is 4.38. The van der Waals surface area contributed by atoms with Crippen LogP contribution in [0.25, 0.3) is 0 Å². The molecule has 0 aliphatic carbocycles. The fraction of sp³-hybridized carbons (Fsp3) is 0.368. The zero-order valence-electron chi connectivity index (χ0n) is 12.2. The van der Waals surface area contributed by atoms with Crippen LogP contribution < -0.4 is 0 Å². The molecule has 19 heavy (non-hydrogen) atoms. The Morgan fingerprint density at radius 1 is 0.632 bits per heavy atom. The zero-order valence-corrected chi connectivity index (χ0v) is 12.2. The van der Waals surface area contributed by atoms with E-state index in [1.165, 1.54) is 54.4 Å². The summed E-state index contributed by atoms with van der Waals surface area (Å²) < 4.78 is 0. The molecule has 0 aliphatic heterocycles. The molecule has 0 bridgehead atoms. The molecule has 2 rings (SSSR count). The predicted octanol–water partition coefficient (Wildman–Crippen LogP) is 5.26. The number of aryl methyl sites for hydroxylation is 4. The highest BCUT2D eigenvalue weighted by Crippen LogP contribution is 2.13. The van der Waals surface area contributed by atoms with Crippen LogP contribution in [0.3, 0.4) is 0 Å². The molecule has 0 fully saturated rings. The lowest BCUT2D eigenvalue weighted by Crippen LogP contribution is -1.90. The highest BCUT2D eigenvalue weighted by molar-refractivity contribution is 5.29. The molecule has 0 heteroatoms. The summed E-state index contributed by atoms with van der Waals surface area (Å²) in [4.78, 5) is 0. The van der Waals surface area contributed by atoms with E-state index < -0.39 is 0 Å². The van der Waals surface area contributed by atoms with Gasteiger partial charge in [0.1, 0.15) is 0 Å². The highest BCUT2D eigenvalue weighted by atomic mass is 14.0. The molecular weight excluding hydrogens is 228 g/mol. The van der Waals surface area contributed by atoms with Crippen molar-refractivity contribution < 1.29 is 0 Å². The lowest BCUT2D eigenvalue weighted by molar-refractivity contribution is 0.678. The van der Waals surface area contributed by atoms with Gasteiger partial charge in [0.05, 0.1) is 0 Å². The van der Waals surface area contributed by atoms with E-state index in [4.69, 9.17) is 0 Å². The SMILES string of the molecule is Cc1ccc(CCCCCc2ccccc2)cc1C. The molecule has 0 radical (unpaired) electrons. The van der Waals surface area contributed by atoms with Crippen molar-refractivity contribution in [1.29, 1.82) is 0 Å². The van der Waals surface area contributed by atoms with Gasteiger partial charge in [-0.25, -0.2) is 0 Å². The smallest absolute Gasteiger partial charge is 0.0279 e. The van der Waals surface area contributed by atoms with E-state index in [0.29, 0.717) is 0 Å². The third-order valence-electron chi connectivity index (χ3n) is 3.85. The van der Waals surface area contributed by atoms with E-state index in [0.717, 1.165) is 0 Å². The van der Waals surface area contributed by atoms with Crippen LogP contribution in [-0.2, 0) is 12.8 Å². The van der Waals surface area contributed by atoms with Crippen molar-refractivity contribution >= 4 is 0 Å². The second kappa shape index (κ2) is 7.13. The van der Waals surface area contributed by atoms with Crippen LogP contribution in [0.2, 0.25) is 0 Å². The quantitative estimate of drug-likeness (QED) is 0.615. The second-order valence-corrected chi connectivity index (χ2v) is 5.46. The summed E-state index contributed by atoms with van der Waals surface area (Å²) in [5.74, 6) is 0.